The fourth-order valence-corrected chi connectivity index (χ4v) is 3.83. The maximum atomic E-state index is 12.6. The predicted octanol–water partition coefficient (Wildman–Crippen LogP) is 1.98. The molecule has 0 N–H and O–H groups in total. The summed E-state index contributed by atoms with van der Waals surface area (Å²) >= 11 is 0. The number of amides is 1. The summed E-state index contributed by atoms with van der Waals surface area (Å²) in [5, 5.41) is 0. The van der Waals surface area contributed by atoms with E-state index in [9.17, 15) is 18.0 Å². The van der Waals surface area contributed by atoms with E-state index in [2.05, 4.69) is 4.90 Å². The molecule has 1 aliphatic rings. The summed E-state index contributed by atoms with van der Waals surface area (Å²) in [5.41, 5.74) is 1.32. The molecule has 7 nitrogen and oxygen atoms in total. The summed E-state index contributed by atoms with van der Waals surface area (Å²) in [7, 11) is -3.34. The Hall–Kier alpha value is -2.87. The molecule has 1 atom stereocenters. The van der Waals surface area contributed by atoms with Gasteiger partial charge in [-0.2, -0.15) is 0 Å². The number of carbonyl (C=O) groups excluding carboxylic acids is 2. The molecule has 29 heavy (non-hydrogen) atoms. The van der Waals surface area contributed by atoms with Crippen molar-refractivity contribution in [2.75, 3.05) is 37.3 Å². The van der Waals surface area contributed by atoms with Gasteiger partial charge >= 0.3 is 5.97 Å². The van der Waals surface area contributed by atoms with Crippen molar-refractivity contribution in [2.45, 2.75) is 17.9 Å². The van der Waals surface area contributed by atoms with E-state index in [4.69, 9.17) is 4.74 Å². The van der Waals surface area contributed by atoms with Crippen LogP contribution in [0.5, 0.6) is 0 Å². The Balaban J connectivity index is 1.54. The first kappa shape index (κ1) is 20.9. The summed E-state index contributed by atoms with van der Waals surface area (Å²) in [5.74, 6) is -0.896. The number of rotatable bonds is 5. The Labute approximate surface area is 170 Å². The molecule has 0 aliphatic carbocycles. The van der Waals surface area contributed by atoms with Crippen LogP contribution in [-0.4, -0.2) is 63.7 Å². The molecule has 1 heterocycles. The molecular formula is C21H24N2O5S. The van der Waals surface area contributed by atoms with Crippen molar-refractivity contribution in [2.24, 2.45) is 0 Å². The molecule has 1 fully saturated rings. The van der Waals surface area contributed by atoms with Crippen LogP contribution < -0.4 is 4.90 Å². The van der Waals surface area contributed by atoms with Gasteiger partial charge in [-0.15, -0.1) is 0 Å². The van der Waals surface area contributed by atoms with Gasteiger partial charge in [0.05, 0.1) is 10.5 Å². The summed E-state index contributed by atoms with van der Waals surface area (Å²) in [4.78, 5) is 29.0. The molecule has 1 saturated heterocycles. The second-order valence-electron chi connectivity index (χ2n) is 6.99. The van der Waals surface area contributed by atoms with Crippen LogP contribution in [0.1, 0.15) is 17.3 Å². The van der Waals surface area contributed by atoms with Gasteiger partial charge in [-0.05, 0) is 43.3 Å². The van der Waals surface area contributed by atoms with Crippen LogP contribution in [0, 0.1) is 0 Å². The molecule has 0 radical (unpaired) electrons. The minimum Gasteiger partial charge on any atom is -0.449 e. The molecule has 154 valence electrons. The zero-order valence-electron chi connectivity index (χ0n) is 16.4. The van der Waals surface area contributed by atoms with Crippen LogP contribution in [0.25, 0.3) is 0 Å². The topological polar surface area (TPSA) is 84.0 Å². The van der Waals surface area contributed by atoms with Crippen molar-refractivity contribution in [3.05, 3.63) is 60.2 Å². The van der Waals surface area contributed by atoms with Crippen molar-refractivity contribution in [3.63, 3.8) is 0 Å². The number of esters is 1. The van der Waals surface area contributed by atoms with Gasteiger partial charge in [-0.1, -0.05) is 18.2 Å². The Kier molecular flexibility index (Phi) is 6.22. The van der Waals surface area contributed by atoms with Gasteiger partial charge < -0.3 is 14.5 Å². The largest absolute Gasteiger partial charge is 0.449 e. The summed E-state index contributed by atoms with van der Waals surface area (Å²) in [6.07, 6.45) is 0.180. The lowest BCUT2D eigenvalue weighted by Crippen LogP contribution is -2.51. The van der Waals surface area contributed by atoms with Crippen LogP contribution in [-0.2, 0) is 19.4 Å². The SMILES string of the molecule is C[C@@H](OC(=O)c1ccc(S(C)(=O)=O)cc1)C(=O)N1CCN(c2ccccc2)CC1. The second-order valence-corrected chi connectivity index (χ2v) is 9.01. The number of carbonyl (C=O) groups is 2. The lowest BCUT2D eigenvalue weighted by molar-refractivity contribution is -0.140. The third-order valence-corrected chi connectivity index (χ3v) is 5.99. The van der Waals surface area contributed by atoms with Crippen molar-refractivity contribution in [1.29, 1.82) is 0 Å². The number of nitrogens with zero attached hydrogens (tertiary/aromatic N) is 2. The Morgan fingerprint density at radius 3 is 2.07 bits per heavy atom. The van der Waals surface area contributed by atoms with Gasteiger partial charge in [-0.25, -0.2) is 13.2 Å². The Morgan fingerprint density at radius 2 is 1.52 bits per heavy atom. The maximum Gasteiger partial charge on any atom is 0.338 e. The Morgan fingerprint density at radius 1 is 0.931 bits per heavy atom. The van der Waals surface area contributed by atoms with Gasteiger partial charge in [0.25, 0.3) is 5.91 Å². The van der Waals surface area contributed by atoms with Gasteiger partial charge in [-0.3, -0.25) is 4.79 Å². The number of piperazine rings is 1. The molecule has 8 heteroatoms. The molecule has 0 aromatic heterocycles. The second kappa shape index (κ2) is 8.65. The van der Waals surface area contributed by atoms with Gasteiger partial charge in [0, 0.05) is 38.1 Å². The first-order valence-corrected chi connectivity index (χ1v) is 11.2. The lowest BCUT2D eigenvalue weighted by atomic mass is 10.2. The average Bonchev–Trinajstić information content (AvgIpc) is 2.73. The molecule has 2 aromatic carbocycles. The summed E-state index contributed by atoms with van der Waals surface area (Å²) in [6, 6.07) is 15.5. The maximum absolute atomic E-state index is 12.6. The first-order valence-electron chi connectivity index (χ1n) is 9.35. The van der Waals surface area contributed by atoms with E-state index in [-0.39, 0.29) is 16.4 Å². The smallest absolute Gasteiger partial charge is 0.338 e. The monoisotopic (exact) mass is 416 g/mol. The van der Waals surface area contributed by atoms with E-state index in [1.54, 1.807) is 11.8 Å². The minimum absolute atomic E-state index is 0.120. The molecule has 3 rings (SSSR count). The molecule has 1 amide bonds. The molecule has 0 spiro atoms. The van der Waals surface area contributed by atoms with Crippen LogP contribution >= 0.6 is 0 Å². The van der Waals surface area contributed by atoms with Crippen molar-refractivity contribution >= 4 is 27.4 Å². The summed E-state index contributed by atoms with van der Waals surface area (Å²) < 4.78 is 28.3. The first-order chi connectivity index (χ1) is 13.8. The number of hydrogen-bond donors (Lipinski definition) is 0. The highest BCUT2D eigenvalue weighted by Crippen LogP contribution is 2.17. The zero-order chi connectivity index (χ0) is 21.0. The normalized spacial score (nSPS) is 15.7. The lowest BCUT2D eigenvalue weighted by Gasteiger charge is -2.37. The molecule has 0 bridgehead atoms. The number of hydrogen-bond acceptors (Lipinski definition) is 6. The minimum atomic E-state index is -3.34. The predicted molar refractivity (Wildman–Crippen MR) is 110 cm³/mol. The van der Waals surface area contributed by atoms with Crippen molar-refractivity contribution in [3.8, 4) is 0 Å². The fourth-order valence-electron chi connectivity index (χ4n) is 3.20. The summed E-state index contributed by atoms with van der Waals surface area (Å²) in [6.45, 7) is 4.08. The molecule has 0 saturated carbocycles. The third-order valence-electron chi connectivity index (χ3n) is 4.86. The van der Waals surface area contributed by atoms with Crippen LogP contribution in [0.3, 0.4) is 0 Å². The van der Waals surface area contributed by atoms with Crippen molar-refractivity contribution < 1.29 is 22.7 Å². The average molecular weight is 416 g/mol. The molecule has 0 unspecified atom stereocenters. The van der Waals surface area contributed by atoms with Gasteiger partial charge in [0.1, 0.15) is 0 Å². The molecule has 2 aromatic rings. The number of ether oxygens (including phenoxy) is 1. The van der Waals surface area contributed by atoms with Crippen LogP contribution in [0.2, 0.25) is 0 Å². The van der Waals surface area contributed by atoms with E-state index in [1.165, 1.54) is 24.3 Å². The van der Waals surface area contributed by atoms with Gasteiger partial charge in [0.15, 0.2) is 15.9 Å². The van der Waals surface area contributed by atoms with Crippen LogP contribution in [0.4, 0.5) is 5.69 Å². The molecular weight excluding hydrogens is 392 g/mol. The van der Waals surface area contributed by atoms with Crippen LogP contribution in [0.15, 0.2) is 59.5 Å². The standard InChI is InChI=1S/C21H24N2O5S/c1-16(28-21(25)17-8-10-19(11-9-17)29(2,26)27)20(24)23-14-12-22(13-15-23)18-6-4-3-5-7-18/h3-11,16H,12-15H2,1-2H3/t16-/m1/s1. The quantitative estimate of drug-likeness (QED) is 0.693. The third kappa shape index (κ3) is 5.14. The van der Waals surface area contributed by atoms with E-state index in [1.807, 2.05) is 30.3 Å². The number of anilines is 1. The Bertz CT molecular complexity index is 966. The number of benzene rings is 2. The highest BCUT2D eigenvalue weighted by Gasteiger charge is 2.27. The number of sulfone groups is 1. The van der Waals surface area contributed by atoms with E-state index >= 15 is 0 Å². The highest BCUT2D eigenvalue weighted by molar-refractivity contribution is 7.90. The van der Waals surface area contributed by atoms with E-state index in [0.717, 1.165) is 11.9 Å². The van der Waals surface area contributed by atoms with E-state index < -0.39 is 21.9 Å². The highest BCUT2D eigenvalue weighted by atomic mass is 32.2. The molecule has 1 aliphatic heterocycles. The fraction of sp³-hybridized carbons (Fsp3) is 0.333. The van der Waals surface area contributed by atoms with E-state index in [0.29, 0.717) is 26.2 Å². The number of para-hydroxylation sites is 1. The zero-order valence-corrected chi connectivity index (χ0v) is 17.3. The van der Waals surface area contributed by atoms with Gasteiger partial charge in [0.2, 0.25) is 0 Å². The van der Waals surface area contributed by atoms with Crippen molar-refractivity contribution in [1.82, 2.24) is 4.90 Å².